The van der Waals surface area contributed by atoms with Crippen molar-refractivity contribution in [1.29, 1.82) is 0 Å². The van der Waals surface area contributed by atoms with Gasteiger partial charge in [-0.05, 0) is 30.0 Å². The number of likely N-dealkylation sites (N-methyl/N-ethyl adjacent to an activating group) is 1. The monoisotopic (exact) mass is 297 g/mol. The van der Waals surface area contributed by atoms with Crippen LogP contribution in [-0.4, -0.2) is 17.9 Å². The van der Waals surface area contributed by atoms with Crippen molar-refractivity contribution in [1.82, 2.24) is 4.90 Å². The fourth-order valence-electron chi connectivity index (χ4n) is 1.93. The predicted octanol–water partition coefficient (Wildman–Crippen LogP) is 4.51. The molecule has 0 aromatic heterocycles. The van der Waals surface area contributed by atoms with Crippen LogP contribution in [0.5, 0.6) is 0 Å². The average Bonchev–Trinajstić information content (AvgIpc) is 2.55. The summed E-state index contributed by atoms with van der Waals surface area (Å²) >= 11 is 1.55. The molecule has 0 bridgehead atoms. The second-order valence-corrected chi connectivity index (χ2v) is 5.75. The molecular formula is C18H19NOS. The molecule has 2 rings (SSSR count). The highest BCUT2D eigenvalue weighted by Crippen LogP contribution is 2.20. The molecular weight excluding hydrogens is 278 g/mol. The number of benzene rings is 2. The molecule has 3 heteroatoms. The third-order valence-electron chi connectivity index (χ3n) is 3.37. The summed E-state index contributed by atoms with van der Waals surface area (Å²) in [6.45, 7) is 2.03. The summed E-state index contributed by atoms with van der Waals surface area (Å²) < 4.78 is 0. The van der Waals surface area contributed by atoms with Gasteiger partial charge in [-0.2, -0.15) is 0 Å². The molecule has 0 saturated carbocycles. The summed E-state index contributed by atoms with van der Waals surface area (Å²) in [6, 6.07) is 20.1. The van der Waals surface area contributed by atoms with E-state index >= 15 is 0 Å². The Labute approximate surface area is 130 Å². The van der Waals surface area contributed by atoms with Crippen molar-refractivity contribution in [2.24, 2.45) is 0 Å². The summed E-state index contributed by atoms with van der Waals surface area (Å²) in [6.07, 6.45) is 1.62. The van der Waals surface area contributed by atoms with Crippen molar-refractivity contribution >= 4 is 17.7 Å². The van der Waals surface area contributed by atoms with Crippen molar-refractivity contribution in [2.45, 2.75) is 17.9 Å². The van der Waals surface area contributed by atoms with E-state index in [9.17, 15) is 4.79 Å². The molecule has 0 saturated heterocycles. The Balaban J connectivity index is 1.93. The third-order valence-corrected chi connectivity index (χ3v) is 4.18. The van der Waals surface area contributed by atoms with Crippen LogP contribution in [0, 0.1) is 0 Å². The first-order chi connectivity index (χ1) is 10.2. The Morgan fingerprint density at radius 3 is 2.24 bits per heavy atom. The number of amides is 1. The summed E-state index contributed by atoms with van der Waals surface area (Å²) in [4.78, 5) is 15.0. The van der Waals surface area contributed by atoms with Gasteiger partial charge in [-0.15, -0.1) is 0 Å². The largest absolute Gasteiger partial charge is 0.335 e. The zero-order valence-electron chi connectivity index (χ0n) is 12.3. The van der Waals surface area contributed by atoms with E-state index in [-0.39, 0.29) is 11.9 Å². The lowest BCUT2D eigenvalue weighted by Crippen LogP contribution is -2.27. The van der Waals surface area contributed by atoms with Gasteiger partial charge in [0.2, 0.25) is 5.91 Å². The SMILES string of the molecule is C[C@H](c1ccccc1)N(C)C(=O)/C=C/Sc1ccccc1. The molecule has 2 aromatic rings. The first-order valence-electron chi connectivity index (χ1n) is 6.88. The summed E-state index contributed by atoms with van der Waals surface area (Å²) in [5, 5.41) is 1.84. The minimum Gasteiger partial charge on any atom is -0.335 e. The first-order valence-corrected chi connectivity index (χ1v) is 7.76. The van der Waals surface area contributed by atoms with Gasteiger partial charge in [-0.3, -0.25) is 4.79 Å². The molecule has 0 heterocycles. The molecule has 0 aliphatic carbocycles. The van der Waals surface area contributed by atoms with E-state index in [0.29, 0.717) is 0 Å². The number of thioether (sulfide) groups is 1. The molecule has 1 atom stereocenters. The van der Waals surface area contributed by atoms with Crippen LogP contribution in [0.3, 0.4) is 0 Å². The number of carbonyl (C=O) groups excluding carboxylic acids is 1. The van der Waals surface area contributed by atoms with Gasteiger partial charge in [0.05, 0.1) is 6.04 Å². The number of hydrogen-bond donors (Lipinski definition) is 0. The first kappa shape index (κ1) is 15.4. The molecule has 21 heavy (non-hydrogen) atoms. The molecule has 0 aliphatic rings. The highest BCUT2D eigenvalue weighted by Gasteiger charge is 2.14. The molecule has 1 amide bonds. The Morgan fingerprint density at radius 2 is 1.62 bits per heavy atom. The molecule has 2 aromatic carbocycles. The van der Waals surface area contributed by atoms with E-state index in [0.717, 1.165) is 10.5 Å². The van der Waals surface area contributed by atoms with Crippen LogP contribution in [0.2, 0.25) is 0 Å². The van der Waals surface area contributed by atoms with Crippen molar-refractivity contribution in [2.75, 3.05) is 7.05 Å². The lowest BCUT2D eigenvalue weighted by atomic mass is 10.1. The molecule has 0 fully saturated rings. The van der Waals surface area contributed by atoms with Gasteiger partial charge in [0, 0.05) is 18.0 Å². The van der Waals surface area contributed by atoms with Crippen molar-refractivity contribution in [3.05, 3.63) is 77.7 Å². The van der Waals surface area contributed by atoms with Crippen LogP contribution in [-0.2, 0) is 4.79 Å². The molecule has 0 N–H and O–H groups in total. The van der Waals surface area contributed by atoms with Gasteiger partial charge in [0.1, 0.15) is 0 Å². The van der Waals surface area contributed by atoms with E-state index in [4.69, 9.17) is 0 Å². The summed E-state index contributed by atoms with van der Waals surface area (Å²) in [7, 11) is 1.83. The predicted molar refractivity (Wildman–Crippen MR) is 89.1 cm³/mol. The average molecular weight is 297 g/mol. The van der Waals surface area contributed by atoms with Crippen LogP contribution < -0.4 is 0 Å². The highest BCUT2D eigenvalue weighted by molar-refractivity contribution is 8.02. The van der Waals surface area contributed by atoms with Gasteiger partial charge in [-0.1, -0.05) is 60.3 Å². The minimum absolute atomic E-state index is 0.00906. The Bertz CT molecular complexity index is 595. The maximum Gasteiger partial charge on any atom is 0.247 e. The molecule has 2 nitrogen and oxygen atoms in total. The Morgan fingerprint density at radius 1 is 1.05 bits per heavy atom. The topological polar surface area (TPSA) is 20.3 Å². The van der Waals surface area contributed by atoms with E-state index in [1.807, 2.05) is 80.0 Å². The van der Waals surface area contributed by atoms with Crippen LogP contribution in [0.25, 0.3) is 0 Å². The van der Waals surface area contributed by atoms with Gasteiger partial charge in [-0.25, -0.2) is 0 Å². The second-order valence-electron chi connectivity index (χ2n) is 4.77. The minimum atomic E-state index is 0.00906. The fourth-order valence-corrected chi connectivity index (χ4v) is 2.59. The van der Waals surface area contributed by atoms with Crippen LogP contribution in [0.4, 0.5) is 0 Å². The normalized spacial score (nSPS) is 12.3. The number of nitrogens with zero attached hydrogens (tertiary/aromatic N) is 1. The van der Waals surface area contributed by atoms with Crippen molar-refractivity contribution < 1.29 is 4.79 Å². The fraction of sp³-hybridized carbons (Fsp3) is 0.167. The van der Waals surface area contributed by atoms with E-state index in [1.165, 1.54) is 0 Å². The maximum atomic E-state index is 12.2. The van der Waals surface area contributed by atoms with Crippen LogP contribution in [0.15, 0.2) is 77.0 Å². The standard InChI is InChI=1S/C18H19NOS/c1-15(16-9-5-3-6-10-16)19(2)18(20)13-14-21-17-11-7-4-8-12-17/h3-15H,1-2H3/b14-13+/t15-/m1/s1. The van der Waals surface area contributed by atoms with Gasteiger partial charge >= 0.3 is 0 Å². The second kappa shape index (κ2) is 7.70. The van der Waals surface area contributed by atoms with Crippen LogP contribution >= 0.6 is 11.8 Å². The lowest BCUT2D eigenvalue weighted by Gasteiger charge is -2.24. The smallest absolute Gasteiger partial charge is 0.247 e. The van der Waals surface area contributed by atoms with E-state index < -0.39 is 0 Å². The highest BCUT2D eigenvalue weighted by atomic mass is 32.2. The van der Waals surface area contributed by atoms with E-state index in [2.05, 4.69) is 0 Å². The molecule has 0 radical (unpaired) electrons. The molecule has 0 unspecified atom stereocenters. The quantitative estimate of drug-likeness (QED) is 0.597. The van der Waals surface area contributed by atoms with Gasteiger partial charge < -0.3 is 4.90 Å². The van der Waals surface area contributed by atoms with Crippen molar-refractivity contribution in [3.8, 4) is 0 Å². The van der Waals surface area contributed by atoms with E-state index in [1.54, 1.807) is 22.7 Å². The number of carbonyl (C=O) groups is 1. The number of rotatable bonds is 5. The summed E-state index contributed by atoms with van der Waals surface area (Å²) in [5.74, 6) is 0.00906. The zero-order chi connectivity index (χ0) is 15.1. The lowest BCUT2D eigenvalue weighted by molar-refractivity contribution is -0.126. The van der Waals surface area contributed by atoms with Gasteiger partial charge in [0.25, 0.3) is 0 Å². The Kier molecular flexibility index (Phi) is 5.64. The van der Waals surface area contributed by atoms with Gasteiger partial charge in [0.15, 0.2) is 0 Å². The zero-order valence-corrected chi connectivity index (χ0v) is 13.1. The molecule has 108 valence electrons. The Hall–Kier alpha value is -2.00. The third kappa shape index (κ3) is 4.50. The maximum absolute atomic E-state index is 12.2. The number of hydrogen-bond acceptors (Lipinski definition) is 2. The molecule has 0 spiro atoms. The van der Waals surface area contributed by atoms with Crippen LogP contribution in [0.1, 0.15) is 18.5 Å². The molecule has 0 aliphatic heterocycles. The van der Waals surface area contributed by atoms with Crippen molar-refractivity contribution in [3.63, 3.8) is 0 Å². The summed E-state index contributed by atoms with van der Waals surface area (Å²) in [5.41, 5.74) is 1.14.